The van der Waals surface area contributed by atoms with Crippen LogP contribution in [0.2, 0.25) is 0 Å². The number of rotatable bonds is 4. The Morgan fingerprint density at radius 1 is 1.00 bits per heavy atom. The normalized spacial score (nSPS) is 10.1. The minimum Gasteiger partial charge on any atom is -0.438 e. The van der Waals surface area contributed by atoms with Gasteiger partial charge in [-0.1, -0.05) is 36.4 Å². The van der Waals surface area contributed by atoms with E-state index in [0.29, 0.717) is 11.4 Å². The minimum atomic E-state index is -0.373. The number of aromatic nitrogens is 2. The Kier molecular flexibility index (Phi) is 4.15. The third-order valence-electron chi connectivity index (χ3n) is 3.01. The Morgan fingerprint density at radius 2 is 1.65 bits per heavy atom. The topological polar surface area (TPSA) is 90.1 Å². The third-order valence-corrected chi connectivity index (χ3v) is 3.01. The molecule has 114 valence electrons. The summed E-state index contributed by atoms with van der Waals surface area (Å²) in [5, 5.41) is 2.76. The van der Waals surface area contributed by atoms with Crippen molar-refractivity contribution >= 4 is 17.5 Å². The highest BCUT2D eigenvalue weighted by atomic mass is 16.5. The average Bonchev–Trinajstić information content (AvgIpc) is 2.57. The van der Waals surface area contributed by atoms with Crippen molar-refractivity contribution in [2.75, 3.05) is 11.1 Å². The van der Waals surface area contributed by atoms with Gasteiger partial charge >= 0.3 is 0 Å². The van der Waals surface area contributed by atoms with Crippen LogP contribution in [-0.2, 0) is 0 Å². The molecule has 0 saturated carbocycles. The second kappa shape index (κ2) is 6.57. The van der Waals surface area contributed by atoms with E-state index in [1.165, 1.54) is 6.20 Å². The number of benzene rings is 2. The zero-order valence-corrected chi connectivity index (χ0v) is 12.1. The molecule has 0 unspecified atom stereocenters. The fourth-order valence-corrected chi connectivity index (χ4v) is 1.93. The molecule has 0 aliphatic heterocycles. The fraction of sp³-hybridized carbons (Fsp3) is 0. The van der Waals surface area contributed by atoms with Crippen LogP contribution in [0.4, 0.5) is 11.6 Å². The van der Waals surface area contributed by atoms with E-state index in [-0.39, 0.29) is 23.3 Å². The van der Waals surface area contributed by atoms with Crippen molar-refractivity contribution in [3.8, 4) is 11.6 Å². The van der Waals surface area contributed by atoms with Gasteiger partial charge in [0.05, 0.1) is 0 Å². The highest BCUT2D eigenvalue weighted by Crippen LogP contribution is 2.24. The second-order valence-electron chi connectivity index (χ2n) is 4.68. The summed E-state index contributed by atoms with van der Waals surface area (Å²) in [5.74, 6) is 0.325. The molecule has 23 heavy (non-hydrogen) atoms. The van der Waals surface area contributed by atoms with E-state index in [1.54, 1.807) is 24.3 Å². The van der Waals surface area contributed by atoms with E-state index < -0.39 is 0 Å². The van der Waals surface area contributed by atoms with Gasteiger partial charge in [-0.25, -0.2) is 4.98 Å². The predicted molar refractivity (Wildman–Crippen MR) is 87.4 cm³/mol. The van der Waals surface area contributed by atoms with Gasteiger partial charge in [-0.05, 0) is 24.3 Å². The van der Waals surface area contributed by atoms with Crippen LogP contribution in [0.5, 0.6) is 11.6 Å². The standard InChI is InChI=1S/C17H14N4O2/c18-17-19-11-14(15(22)20-12-7-3-1-4-8-12)16(21-17)23-13-9-5-2-6-10-13/h1-11H,(H,20,22)(H2,18,19,21). The van der Waals surface area contributed by atoms with E-state index in [0.717, 1.165) is 0 Å². The van der Waals surface area contributed by atoms with Crippen LogP contribution in [-0.4, -0.2) is 15.9 Å². The first-order valence-electron chi connectivity index (χ1n) is 6.94. The summed E-state index contributed by atoms with van der Waals surface area (Å²) in [4.78, 5) is 20.3. The highest BCUT2D eigenvalue weighted by molar-refractivity contribution is 6.05. The Morgan fingerprint density at radius 3 is 2.35 bits per heavy atom. The number of nitrogen functional groups attached to an aromatic ring is 1. The summed E-state index contributed by atoms with van der Waals surface area (Å²) < 4.78 is 5.66. The lowest BCUT2D eigenvalue weighted by atomic mass is 10.2. The molecular formula is C17H14N4O2. The van der Waals surface area contributed by atoms with Crippen molar-refractivity contribution in [1.29, 1.82) is 0 Å². The molecule has 6 heteroatoms. The van der Waals surface area contributed by atoms with Gasteiger partial charge in [0.2, 0.25) is 11.8 Å². The molecule has 1 amide bonds. The van der Waals surface area contributed by atoms with Gasteiger partial charge in [-0.2, -0.15) is 4.98 Å². The quantitative estimate of drug-likeness (QED) is 0.773. The molecule has 0 aliphatic carbocycles. The summed E-state index contributed by atoms with van der Waals surface area (Å²) in [7, 11) is 0. The molecule has 0 spiro atoms. The number of nitrogens with two attached hydrogens (primary N) is 1. The number of nitrogens with one attached hydrogen (secondary N) is 1. The maximum atomic E-state index is 12.4. The smallest absolute Gasteiger partial charge is 0.262 e. The highest BCUT2D eigenvalue weighted by Gasteiger charge is 2.16. The van der Waals surface area contributed by atoms with Gasteiger partial charge < -0.3 is 15.8 Å². The molecule has 0 bridgehead atoms. The predicted octanol–water partition coefficient (Wildman–Crippen LogP) is 3.10. The summed E-state index contributed by atoms with van der Waals surface area (Å²) in [6.45, 7) is 0. The Bertz CT molecular complexity index is 807. The first-order chi connectivity index (χ1) is 11.2. The van der Waals surface area contributed by atoms with Crippen molar-refractivity contribution in [2.45, 2.75) is 0 Å². The van der Waals surface area contributed by atoms with Crippen LogP contribution in [0.25, 0.3) is 0 Å². The van der Waals surface area contributed by atoms with Gasteiger partial charge in [0, 0.05) is 11.9 Å². The van der Waals surface area contributed by atoms with E-state index in [1.807, 2.05) is 36.4 Å². The molecule has 3 N–H and O–H groups in total. The lowest BCUT2D eigenvalue weighted by Gasteiger charge is -2.10. The van der Waals surface area contributed by atoms with Gasteiger partial charge in [0.1, 0.15) is 11.3 Å². The maximum Gasteiger partial charge on any atom is 0.262 e. The molecule has 0 atom stereocenters. The van der Waals surface area contributed by atoms with Crippen LogP contribution < -0.4 is 15.8 Å². The van der Waals surface area contributed by atoms with E-state index >= 15 is 0 Å². The van der Waals surface area contributed by atoms with Crippen LogP contribution >= 0.6 is 0 Å². The minimum absolute atomic E-state index is 0.0344. The van der Waals surface area contributed by atoms with Crippen molar-refractivity contribution in [3.05, 3.63) is 72.4 Å². The number of para-hydroxylation sites is 2. The van der Waals surface area contributed by atoms with Crippen LogP contribution in [0.15, 0.2) is 66.9 Å². The number of amides is 1. The lowest BCUT2D eigenvalue weighted by Crippen LogP contribution is -2.15. The number of nitrogens with zero attached hydrogens (tertiary/aromatic N) is 2. The van der Waals surface area contributed by atoms with E-state index in [9.17, 15) is 4.79 Å². The summed E-state index contributed by atoms with van der Waals surface area (Å²) >= 11 is 0. The zero-order valence-electron chi connectivity index (χ0n) is 12.1. The Labute approximate surface area is 133 Å². The number of ether oxygens (including phenoxy) is 1. The zero-order chi connectivity index (χ0) is 16.1. The molecule has 1 aromatic heterocycles. The van der Waals surface area contributed by atoms with Gasteiger partial charge in [-0.15, -0.1) is 0 Å². The third kappa shape index (κ3) is 3.62. The average molecular weight is 306 g/mol. The van der Waals surface area contributed by atoms with E-state index in [2.05, 4.69) is 15.3 Å². The lowest BCUT2D eigenvalue weighted by molar-refractivity contribution is 0.102. The van der Waals surface area contributed by atoms with Crippen molar-refractivity contribution in [2.24, 2.45) is 0 Å². The van der Waals surface area contributed by atoms with Crippen LogP contribution in [0.1, 0.15) is 10.4 Å². The molecular weight excluding hydrogens is 292 g/mol. The Hall–Kier alpha value is -3.41. The molecule has 0 saturated heterocycles. The summed E-state index contributed by atoms with van der Waals surface area (Å²) in [6.07, 6.45) is 1.35. The molecule has 6 nitrogen and oxygen atoms in total. The molecule has 0 fully saturated rings. The first kappa shape index (κ1) is 14.5. The van der Waals surface area contributed by atoms with Crippen LogP contribution in [0.3, 0.4) is 0 Å². The fourth-order valence-electron chi connectivity index (χ4n) is 1.93. The van der Waals surface area contributed by atoms with Gasteiger partial charge in [0.25, 0.3) is 5.91 Å². The van der Waals surface area contributed by atoms with Crippen LogP contribution in [0, 0.1) is 0 Å². The number of anilines is 2. The van der Waals surface area contributed by atoms with Crippen molar-refractivity contribution < 1.29 is 9.53 Å². The number of hydrogen-bond donors (Lipinski definition) is 2. The second-order valence-corrected chi connectivity index (χ2v) is 4.68. The van der Waals surface area contributed by atoms with Gasteiger partial charge in [-0.3, -0.25) is 4.79 Å². The largest absolute Gasteiger partial charge is 0.438 e. The van der Waals surface area contributed by atoms with Crippen molar-refractivity contribution in [3.63, 3.8) is 0 Å². The summed E-state index contributed by atoms with van der Waals surface area (Å²) in [6, 6.07) is 18.1. The number of carbonyl (C=O) groups is 1. The maximum absolute atomic E-state index is 12.4. The van der Waals surface area contributed by atoms with Gasteiger partial charge in [0.15, 0.2) is 0 Å². The molecule has 0 aliphatic rings. The monoisotopic (exact) mass is 306 g/mol. The molecule has 3 rings (SSSR count). The molecule has 1 heterocycles. The summed E-state index contributed by atoms with van der Waals surface area (Å²) in [5.41, 5.74) is 6.47. The van der Waals surface area contributed by atoms with Crippen molar-refractivity contribution in [1.82, 2.24) is 9.97 Å². The Balaban J connectivity index is 1.88. The van der Waals surface area contributed by atoms with E-state index in [4.69, 9.17) is 10.5 Å². The molecule has 3 aromatic rings. The molecule has 0 radical (unpaired) electrons. The molecule has 2 aromatic carbocycles. The number of carbonyl (C=O) groups excluding carboxylic acids is 1. The first-order valence-corrected chi connectivity index (χ1v) is 6.94. The SMILES string of the molecule is Nc1ncc(C(=O)Nc2ccccc2)c(Oc2ccccc2)n1. The number of hydrogen-bond acceptors (Lipinski definition) is 5.